The molecule has 2 aliphatic rings. The van der Waals surface area contributed by atoms with Crippen LogP contribution in [0.25, 0.3) is 0 Å². The fraction of sp³-hybridized carbons (Fsp3) is 0.696. The molecule has 27 heavy (non-hydrogen) atoms. The lowest BCUT2D eigenvalue weighted by atomic mass is 9.54. The third-order valence-electron chi connectivity index (χ3n) is 7.57. The van der Waals surface area contributed by atoms with Gasteiger partial charge in [0.25, 0.3) is 0 Å². The second kappa shape index (κ2) is 7.26. The summed E-state index contributed by atoms with van der Waals surface area (Å²) in [5, 5.41) is 10.0. The van der Waals surface area contributed by atoms with Gasteiger partial charge in [-0.15, -0.1) is 0 Å². The van der Waals surface area contributed by atoms with Crippen LogP contribution in [0, 0.1) is 23.2 Å². The first-order valence-corrected chi connectivity index (χ1v) is 13.3. The van der Waals surface area contributed by atoms with E-state index in [-0.39, 0.29) is 16.4 Å². The Morgan fingerprint density at radius 2 is 2.00 bits per heavy atom. The van der Waals surface area contributed by atoms with Gasteiger partial charge in [0.05, 0.1) is 19.1 Å². The number of rotatable bonds is 4. The van der Waals surface area contributed by atoms with Crippen LogP contribution >= 0.6 is 0 Å². The van der Waals surface area contributed by atoms with Gasteiger partial charge >= 0.3 is 0 Å². The Morgan fingerprint density at radius 1 is 1.26 bits per heavy atom. The Morgan fingerprint density at radius 3 is 2.63 bits per heavy atom. The molecule has 1 aromatic rings. The van der Waals surface area contributed by atoms with Gasteiger partial charge in [0.2, 0.25) is 0 Å². The van der Waals surface area contributed by atoms with Crippen LogP contribution in [0.4, 0.5) is 0 Å². The van der Waals surface area contributed by atoms with Crippen LogP contribution in [0.2, 0.25) is 18.1 Å². The normalized spacial score (nSPS) is 28.0. The zero-order chi connectivity index (χ0) is 19.9. The Kier molecular flexibility index (Phi) is 5.49. The number of methoxy groups -OCH3 is 1. The molecule has 0 N–H and O–H groups in total. The third kappa shape index (κ3) is 3.57. The Hall–Kier alpha value is -1.31. The third-order valence-corrected chi connectivity index (χ3v) is 12.0. The monoisotopic (exact) mass is 385 g/mol. The molecule has 0 saturated heterocycles. The van der Waals surface area contributed by atoms with E-state index < -0.39 is 8.32 Å². The molecule has 0 aromatic heterocycles. The van der Waals surface area contributed by atoms with Gasteiger partial charge in [0.15, 0.2) is 8.32 Å². The molecule has 0 spiro atoms. The molecule has 0 aliphatic heterocycles. The number of nitriles is 1. The molecule has 1 fully saturated rings. The van der Waals surface area contributed by atoms with Crippen molar-refractivity contribution in [3.05, 3.63) is 29.3 Å². The lowest BCUT2D eigenvalue weighted by Gasteiger charge is -2.52. The SMILES string of the molecule is COc1ccc2c(c1)CC[C@@H]1[C@H](C#N)CCC[C@@]21CO[Si](C)(C)C(C)(C)C. The average molecular weight is 386 g/mol. The van der Waals surface area contributed by atoms with Gasteiger partial charge in [-0.25, -0.2) is 0 Å². The van der Waals surface area contributed by atoms with Crippen molar-refractivity contribution in [1.29, 1.82) is 5.26 Å². The molecule has 4 heteroatoms. The van der Waals surface area contributed by atoms with E-state index in [2.05, 4.69) is 58.1 Å². The molecular weight excluding hydrogens is 350 g/mol. The first-order chi connectivity index (χ1) is 12.6. The lowest BCUT2D eigenvalue weighted by molar-refractivity contribution is 0.0622. The molecule has 1 saturated carbocycles. The summed E-state index contributed by atoms with van der Waals surface area (Å²) in [5.41, 5.74) is 2.79. The van der Waals surface area contributed by atoms with Crippen molar-refractivity contribution in [1.82, 2.24) is 0 Å². The van der Waals surface area contributed by atoms with Crippen molar-refractivity contribution in [2.24, 2.45) is 11.8 Å². The van der Waals surface area contributed by atoms with Crippen LogP contribution in [0.3, 0.4) is 0 Å². The molecular formula is C23H35NO2Si. The highest BCUT2D eigenvalue weighted by molar-refractivity contribution is 6.74. The van der Waals surface area contributed by atoms with Gasteiger partial charge < -0.3 is 9.16 Å². The Balaban J connectivity index is 2.02. The molecule has 0 bridgehead atoms. The molecule has 3 rings (SSSR count). The first kappa shape index (κ1) is 20.4. The summed E-state index contributed by atoms with van der Waals surface area (Å²) in [5.74, 6) is 1.49. The fourth-order valence-corrected chi connectivity index (χ4v) is 5.91. The topological polar surface area (TPSA) is 42.2 Å². The number of hydrogen-bond acceptors (Lipinski definition) is 3. The van der Waals surface area contributed by atoms with Gasteiger partial charge in [-0.1, -0.05) is 33.3 Å². The summed E-state index contributed by atoms with van der Waals surface area (Å²) >= 11 is 0. The summed E-state index contributed by atoms with van der Waals surface area (Å²) < 4.78 is 12.3. The van der Waals surface area contributed by atoms with E-state index in [0.717, 1.165) is 44.5 Å². The maximum absolute atomic E-state index is 9.83. The maximum atomic E-state index is 9.83. The van der Waals surface area contributed by atoms with Crippen LogP contribution in [0.1, 0.15) is 57.6 Å². The molecule has 2 aliphatic carbocycles. The molecule has 148 valence electrons. The summed E-state index contributed by atoms with van der Waals surface area (Å²) in [7, 11) is -0.117. The van der Waals surface area contributed by atoms with Crippen LogP contribution < -0.4 is 4.74 Å². The van der Waals surface area contributed by atoms with Gasteiger partial charge in [-0.3, -0.25) is 0 Å². The molecule has 0 amide bonds. The van der Waals surface area contributed by atoms with Gasteiger partial charge in [0.1, 0.15) is 5.75 Å². The maximum Gasteiger partial charge on any atom is 0.192 e. The molecule has 3 nitrogen and oxygen atoms in total. The fourth-order valence-electron chi connectivity index (χ4n) is 4.86. The molecule has 1 aromatic carbocycles. The van der Waals surface area contributed by atoms with Gasteiger partial charge in [0, 0.05) is 12.0 Å². The largest absolute Gasteiger partial charge is 0.497 e. The van der Waals surface area contributed by atoms with E-state index in [1.54, 1.807) is 7.11 Å². The minimum atomic E-state index is -1.85. The number of benzene rings is 1. The molecule has 3 atom stereocenters. The van der Waals surface area contributed by atoms with Crippen LogP contribution in [-0.2, 0) is 16.3 Å². The molecule has 0 heterocycles. The van der Waals surface area contributed by atoms with Crippen molar-refractivity contribution in [3.63, 3.8) is 0 Å². The number of aryl methyl sites for hydroxylation is 1. The quantitative estimate of drug-likeness (QED) is 0.611. The highest BCUT2D eigenvalue weighted by Gasteiger charge is 2.51. The Labute approximate surface area is 166 Å². The minimum absolute atomic E-state index is 0.0198. The smallest absolute Gasteiger partial charge is 0.192 e. The van der Waals surface area contributed by atoms with Crippen molar-refractivity contribution in [3.8, 4) is 11.8 Å². The lowest BCUT2D eigenvalue weighted by Crippen LogP contribution is -2.52. The zero-order valence-corrected chi connectivity index (χ0v) is 18.9. The Bertz CT molecular complexity index is 731. The average Bonchev–Trinajstić information content (AvgIpc) is 2.64. The highest BCUT2D eigenvalue weighted by Crippen LogP contribution is 2.53. The van der Waals surface area contributed by atoms with Crippen molar-refractivity contribution in [2.75, 3.05) is 13.7 Å². The van der Waals surface area contributed by atoms with E-state index >= 15 is 0 Å². The predicted molar refractivity (Wildman–Crippen MR) is 113 cm³/mol. The second-order valence-electron chi connectivity index (χ2n) is 10.0. The van der Waals surface area contributed by atoms with Crippen molar-refractivity contribution >= 4 is 8.32 Å². The highest BCUT2D eigenvalue weighted by atomic mass is 28.4. The van der Waals surface area contributed by atoms with Gasteiger partial charge in [-0.05, 0) is 73.0 Å². The van der Waals surface area contributed by atoms with E-state index in [1.807, 2.05) is 0 Å². The minimum Gasteiger partial charge on any atom is -0.497 e. The van der Waals surface area contributed by atoms with E-state index in [0.29, 0.717) is 5.92 Å². The molecule has 0 radical (unpaired) electrons. The van der Waals surface area contributed by atoms with E-state index in [9.17, 15) is 5.26 Å². The van der Waals surface area contributed by atoms with Crippen LogP contribution in [0.15, 0.2) is 18.2 Å². The second-order valence-corrected chi connectivity index (χ2v) is 14.8. The zero-order valence-electron chi connectivity index (χ0n) is 17.9. The van der Waals surface area contributed by atoms with Gasteiger partial charge in [-0.2, -0.15) is 5.26 Å². The number of fused-ring (bicyclic) bond motifs is 3. The predicted octanol–water partition coefficient (Wildman–Crippen LogP) is 5.84. The standard InChI is InChI=1S/C23H35NO2Si/c1-22(2,3)27(5,6)26-16-23-13-7-8-18(15-24)21(23)11-9-17-14-19(25-4)10-12-20(17)23/h10,12,14,18,21H,7-9,11,13,16H2,1-6H3/t18-,21+,23+/m0/s1. The first-order valence-electron chi connectivity index (χ1n) is 10.4. The van der Waals surface area contributed by atoms with E-state index in [1.165, 1.54) is 11.1 Å². The number of nitrogens with zero attached hydrogens (tertiary/aromatic N) is 1. The summed E-state index contributed by atoms with van der Waals surface area (Å²) in [6.45, 7) is 12.3. The van der Waals surface area contributed by atoms with Crippen molar-refractivity contribution in [2.45, 2.75) is 76.4 Å². The number of hydrogen-bond donors (Lipinski definition) is 0. The summed E-state index contributed by atoms with van der Waals surface area (Å²) in [6.07, 6.45) is 5.40. The summed E-state index contributed by atoms with van der Waals surface area (Å²) in [6, 6.07) is 9.19. The van der Waals surface area contributed by atoms with Crippen LogP contribution in [0.5, 0.6) is 5.75 Å². The molecule has 0 unspecified atom stereocenters. The van der Waals surface area contributed by atoms with E-state index in [4.69, 9.17) is 9.16 Å². The summed E-state index contributed by atoms with van der Waals surface area (Å²) in [4.78, 5) is 0. The number of ether oxygens (including phenoxy) is 1. The van der Waals surface area contributed by atoms with Crippen molar-refractivity contribution < 1.29 is 9.16 Å². The van der Waals surface area contributed by atoms with Crippen LogP contribution in [-0.4, -0.2) is 22.0 Å².